The molecule has 0 aromatic carbocycles. The molecule has 0 aromatic rings. The lowest BCUT2D eigenvalue weighted by atomic mass is 10.1. The van der Waals surface area contributed by atoms with Crippen molar-refractivity contribution in [2.45, 2.75) is 31.7 Å². The van der Waals surface area contributed by atoms with Gasteiger partial charge in [0.15, 0.2) is 0 Å². The first-order valence-electron chi connectivity index (χ1n) is 6.05. The Morgan fingerprint density at radius 1 is 1.38 bits per heavy atom. The highest BCUT2D eigenvalue weighted by Gasteiger charge is 2.17. The monoisotopic (exact) mass is 228 g/mol. The molecule has 0 bridgehead atoms. The van der Waals surface area contributed by atoms with Crippen LogP contribution in [0.15, 0.2) is 0 Å². The van der Waals surface area contributed by atoms with Crippen molar-refractivity contribution in [1.82, 2.24) is 15.3 Å². The number of amides is 1. The minimum absolute atomic E-state index is 0.0630. The Labute approximate surface area is 97.9 Å². The minimum atomic E-state index is 0.0630. The second-order valence-corrected chi connectivity index (χ2v) is 4.60. The SMILES string of the molecule is CN(C)C(=O)CC(CN)NN1CCCCC1. The third-order valence-corrected chi connectivity index (χ3v) is 2.93. The molecule has 0 aliphatic carbocycles. The first-order valence-corrected chi connectivity index (χ1v) is 6.05. The van der Waals surface area contributed by atoms with E-state index in [1.54, 1.807) is 19.0 Å². The number of hydrogen-bond donors (Lipinski definition) is 2. The van der Waals surface area contributed by atoms with Crippen LogP contribution in [0, 0.1) is 0 Å². The fourth-order valence-electron chi connectivity index (χ4n) is 1.86. The topological polar surface area (TPSA) is 61.6 Å². The molecule has 1 rings (SSSR count). The number of rotatable bonds is 5. The molecule has 1 amide bonds. The molecule has 16 heavy (non-hydrogen) atoms. The van der Waals surface area contributed by atoms with E-state index in [9.17, 15) is 4.79 Å². The van der Waals surface area contributed by atoms with Gasteiger partial charge in [-0.25, -0.2) is 5.01 Å². The lowest BCUT2D eigenvalue weighted by Gasteiger charge is -2.31. The summed E-state index contributed by atoms with van der Waals surface area (Å²) in [6.07, 6.45) is 4.24. The third-order valence-electron chi connectivity index (χ3n) is 2.93. The number of nitrogens with one attached hydrogen (secondary N) is 1. The molecule has 0 saturated carbocycles. The molecular formula is C11H24N4O. The van der Waals surface area contributed by atoms with Crippen LogP contribution in [0.4, 0.5) is 0 Å². The number of hydrogen-bond acceptors (Lipinski definition) is 4. The smallest absolute Gasteiger partial charge is 0.223 e. The van der Waals surface area contributed by atoms with Crippen LogP contribution >= 0.6 is 0 Å². The van der Waals surface area contributed by atoms with E-state index in [0.717, 1.165) is 13.1 Å². The Morgan fingerprint density at radius 2 is 2.00 bits per heavy atom. The maximum atomic E-state index is 11.6. The summed E-state index contributed by atoms with van der Waals surface area (Å²) in [6.45, 7) is 2.62. The van der Waals surface area contributed by atoms with Crippen LogP contribution in [0.1, 0.15) is 25.7 Å². The highest BCUT2D eigenvalue weighted by molar-refractivity contribution is 5.76. The summed E-state index contributed by atoms with van der Waals surface area (Å²) in [6, 6.07) is 0.0630. The van der Waals surface area contributed by atoms with Gasteiger partial charge in [-0.1, -0.05) is 6.42 Å². The van der Waals surface area contributed by atoms with E-state index in [2.05, 4.69) is 10.4 Å². The quantitative estimate of drug-likeness (QED) is 0.683. The molecule has 3 N–H and O–H groups in total. The van der Waals surface area contributed by atoms with Gasteiger partial charge >= 0.3 is 0 Å². The van der Waals surface area contributed by atoms with E-state index in [4.69, 9.17) is 5.73 Å². The summed E-state index contributed by atoms with van der Waals surface area (Å²) in [4.78, 5) is 13.2. The molecular weight excluding hydrogens is 204 g/mol. The number of nitrogens with two attached hydrogens (primary N) is 1. The fraction of sp³-hybridized carbons (Fsp3) is 0.909. The standard InChI is InChI=1S/C11H24N4O/c1-14(2)11(16)8-10(9-12)13-15-6-4-3-5-7-15/h10,13H,3-9,12H2,1-2H3. The first-order chi connectivity index (χ1) is 7.63. The zero-order chi connectivity index (χ0) is 12.0. The number of carbonyl (C=O) groups is 1. The van der Waals surface area contributed by atoms with E-state index in [1.807, 2.05) is 0 Å². The average molecular weight is 228 g/mol. The summed E-state index contributed by atoms with van der Waals surface area (Å²) in [7, 11) is 3.55. The maximum Gasteiger partial charge on any atom is 0.223 e. The predicted octanol–water partition coefficient (Wildman–Crippen LogP) is -0.217. The van der Waals surface area contributed by atoms with Gasteiger partial charge in [0.25, 0.3) is 0 Å². The second-order valence-electron chi connectivity index (χ2n) is 4.60. The lowest BCUT2D eigenvalue weighted by molar-refractivity contribution is -0.129. The van der Waals surface area contributed by atoms with Crippen LogP contribution in [-0.2, 0) is 4.79 Å². The summed E-state index contributed by atoms with van der Waals surface area (Å²) >= 11 is 0. The van der Waals surface area contributed by atoms with Crippen molar-refractivity contribution >= 4 is 5.91 Å². The van der Waals surface area contributed by atoms with Crippen LogP contribution in [-0.4, -0.2) is 55.6 Å². The molecule has 1 atom stereocenters. The molecule has 1 fully saturated rings. The van der Waals surface area contributed by atoms with Gasteiger partial charge in [0.05, 0.1) is 0 Å². The van der Waals surface area contributed by atoms with Crippen molar-refractivity contribution < 1.29 is 4.79 Å². The van der Waals surface area contributed by atoms with E-state index in [0.29, 0.717) is 13.0 Å². The molecule has 1 aliphatic heterocycles. The predicted molar refractivity (Wildman–Crippen MR) is 64.7 cm³/mol. The van der Waals surface area contributed by atoms with Crippen LogP contribution in [0.5, 0.6) is 0 Å². The van der Waals surface area contributed by atoms with Crippen LogP contribution in [0.3, 0.4) is 0 Å². The van der Waals surface area contributed by atoms with E-state index >= 15 is 0 Å². The number of nitrogens with zero attached hydrogens (tertiary/aromatic N) is 2. The molecule has 5 heteroatoms. The Kier molecular flexibility index (Phi) is 5.73. The fourth-order valence-corrected chi connectivity index (χ4v) is 1.86. The molecule has 1 heterocycles. The summed E-state index contributed by atoms with van der Waals surface area (Å²) in [5, 5.41) is 2.20. The van der Waals surface area contributed by atoms with Gasteiger partial charge in [-0.15, -0.1) is 0 Å². The molecule has 1 unspecified atom stereocenters. The zero-order valence-electron chi connectivity index (χ0n) is 10.4. The second kappa shape index (κ2) is 6.83. The lowest BCUT2D eigenvalue weighted by Crippen LogP contribution is -2.51. The van der Waals surface area contributed by atoms with Crippen molar-refractivity contribution in [2.75, 3.05) is 33.7 Å². The zero-order valence-corrected chi connectivity index (χ0v) is 10.4. The normalized spacial score (nSPS) is 19.4. The highest BCUT2D eigenvalue weighted by Crippen LogP contribution is 2.07. The van der Waals surface area contributed by atoms with Crippen molar-refractivity contribution in [3.8, 4) is 0 Å². The molecule has 5 nitrogen and oxygen atoms in total. The molecule has 94 valence electrons. The molecule has 0 aromatic heterocycles. The van der Waals surface area contributed by atoms with E-state index in [-0.39, 0.29) is 11.9 Å². The molecule has 0 radical (unpaired) electrons. The number of hydrazine groups is 1. The maximum absolute atomic E-state index is 11.6. The van der Waals surface area contributed by atoms with Gasteiger partial charge in [0, 0.05) is 46.2 Å². The largest absolute Gasteiger partial charge is 0.349 e. The van der Waals surface area contributed by atoms with Gasteiger partial charge in [0.2, 0.25) is 5.91 Å². The van der Waals surface area contributed by atoms with Crippen molar-refractivity contribution in [1.29, 1.82) is 0 Å². The molecule has 1 saturated heterocycles. The van der Waals surface area contributed by atoms with Crippen molar-refractivity contribution in [2.24, 2.45) is 5.73 Å². The van der Waals surface area contributed by atoms with Crippen LogP contribution in [0.2, 0.25) is 0 Å². The van der Waals surface area contributed by atoms with E-state index < -0.39 is 0 Å². The van der Waals surface area contributed by atoms with Gasteiger partial charge in [-0.2, -0.15) is 0 Å². The number of piperidine rings is 1. The Morgan fingerprint density at radius 3 is 2.50 bits per heavy atom. The highest BCUT2D eigenvalue weighted by atomic mass is 16.2. The number of carbonyl (C=O) groups excluding carboxylic acids is 1. The molecule has 0 spiro atoms. The summed E-state index contributed by atoms with van der Waals surface area (Å²) in [5.41, 5.74) is 9.03. The summed E-state index contributed by atoms with van der Waals surface area (Å²) in [5.74, 6) is 0.125. The molecule has 1 aliphatic rings. The van der Waals surface area contributed by atoms with Gasteiger partial charge in [-0.05, 0) is 12.8 Å². The van der Waals surface area contributed by atoms with Gasteiger partial charge in [0.1, 0.15) is 0 Å². The minimum Gasteiger partial charge on any atom is -0.349 e. The van der Waals surface area contributed by atoms with E-state index in [1.165, 1.54) is 19.3 Å². The van der Waals surface area contributed by atoms with Gasteiger partial charge < -0.3 is 10.6 Å². The Bertz CT molecular complexity index is 214. The van der Waals surface area contributed by atoms with Crippen LogP contribution < -0.4 is 11.2 Å². The average Bonchev–Trinajstić information content (AvgIpc) is 2.29. The Balaban J connectivity index is 2.32. The first kappa shape index (κ1) is 13.4. The van der Waals surface area contributed by atoms with Gasteiger partial charge in [-0.3, -0.25) is 10.2 Å². The summed E-state index contributed by atoms with van der Waals surface area (Å²) < 4.78 is 0. The van der Waals surface area contributed by atoms with Crippen LogP contribution in [0.25, 0.3) is 0 Å². The van der Waals surface area contributed by atoms with Crippen molar-refractivity contribution in [3.63, 3.8) is 0 Å². The third kappa shape index (κ3) is 4.47. The Hall–Kier alpha value is -0.650. The van der Waals surface area contributed by atoms with Crippen molar-refractivity contribution in [3.05, 3.63) is 0 Å².